The summed E-state index contributed by atoms with van der Waals surface area (Å²) in [4.78, 5) is 30.0. The van der Waals surface area contributed by atoms with Gasteiger partial charge in [0.25, 0.3) is 5.91 Å². The molecular formula is C20H30N4O4S. The van der Waals surface area contributed by atoms with Crippen LogP contribution in [0.1, 0.15) is 36.7 Å². The lowest BCUT2D eigenvalue weighted by Gasteiger charge is -2.46. The molecule has 8 nitrogen and oxygen atoms in total. The summed E-state index contributed by atoms with van der Waals surface area (Å²) in [6.45, 7) is 5.03. The van der Waals surface area contributed by atoms with Gasteiger partial charge in [-0.25, -0.2) is 12.7 Å². The summed E-state index contributed by atoms with van der Waals surface area (Å²) in [5.41, 5.74) is -0.414. The second kappa shape index (κ2) is 6.84. The summed E-state index contributed by atoms with van der Waals surface area (Å²) >= 11 is 0. The molecular weight excluding hydrogens is 392 g/mol. The third kappa shape index (κ3) is 3.01. The number of carbonyl (C=O) groups excluding carboxylic acids is 2. The van der Waals surface area contributed by atoms with Gasteiger partial charge in [0, 0.05) is 57.9 Å². The molecule has 1 unspecified atom stereocenters. The number of amides is 2. The van der Waals surface area contributed by atoms with E-state index in [1.807, 2.05) is 46.7 Å². The predicted octanol–water partition coefficient (Wildman–Crippen LogP) is 0.761. The smallest absolute Gasteiger partial charge is 0.270 e. The number of aromatic nitrogens is 1. The minimum atomic E-state index is -3.38. The van der Waals surface area contributed by atoms with Gasteiger partial charge in [-0.2, -0.15) is 0 Å². The maximum absolute atomic E-state index is 13.4. The number of likely N-dealkylation sites (tertiary alicyclic amines) is 2. The fourth-order valence-electron chi connectivity index (χ4n) is 5.65. The zero-order chi connectivity index (χ0) is 21.0. The van der Waals surface area contributed by atoms with Crippen LogP contribution in [0.5, 0.6) is 0 Å². The van der Waals surface area contributed by atoms with Gasteiger partial charge in [-0.1, -0.05) is 0 Å². The number of rotatable bonds is 3. The van der Waals surface area contributed by atoms with Crippen molar-refractivity contribution < 1.29 is 18.0 Å². The molecule has 0 aliphatic carbocycles. The first-order valence-electron chi connectivity index (χ1n) is 10.3. The fourth-order valence-corrected chi connectivity index (χ4v) is 6.58. The quantitative estimate of drug-likeness (QED) is 0.720. The van der Waals surface area contributed by atoms with Crippen LogP contribution in [0.2, 0.25) is 0 Å². The molecule has 29 heavy (non-hydrogen) atoms. The van der Waals surface area contributed by atoms with Crippen LogP contribution in [0.15, 0.2) is 18.3 Å². The number of hydrogen-bond donors (Lipinski definition) is 0. The van der Waals surface area contributed by atoms with E-state index in [2.05, 4.69) is 0 Å². The molecule has 2 spiro atoms. The Morgan fingerprint density at radius 3 is 2.34 bits per heavy atom. The first-order chi connectivity index (χ1) is 13.6. The van der Waals surface area contributed by atoms with Crippen molar-refractivity contribution in [1.82, 2.24) is 18.7 Å². The number of piperidine rings is 1. The van der Waals surface area contributed by atoms with Gasteiger partial charge in [-0.15, -0.1) is 0 Å². The van der Waals surface area contributed by atoms with Crippen molar-refractivity contribution >= 4 is 21.8 Å². The third-order valence-corrected chi connectivity index (χ3v) is 8.66. The lowest BCUT2D eigenvalue weighted by molar-refractivity contribution is -0.141. The number of nitrogens with zero attached hydrogens (tertiary/aromatic N) is 4. The summed E-state index contributed by atoms with van der Waals surface area (Å²) in [5.74, 6) is 0.0839. The number of hydrogen-bond acceptors (Lipinski definition) is 4. The van der Waals surface area contributed by atoms with E-state index in [-0.39, 0.29) is 18.4 Å². The van der Waals surface area contributed by atoms with Crippen molar-refractivity contribution in [3.63, 3.8) is 0 Å². The van der Waals surface area contributed by atoms with Crippen molar-refractivity contribution in [2.24, 2.45) is 17.9 Å². The molecule has 2 amide bonds. The van der Waals surface area contributed by atoms with E-state index in [9.17, 15) is 18.0 Å². The van der Waals surface area contributed by atoms with Gasteiger partial charge in [0.05, 0.1) is 11.7 Å². The molecule has 3 saturated heterocycles. The van der Waals surface area contributed by atoms with Gasteiger partial charge in [-0.3, -0.25) is 9.59 Å². The largest absolute Gasteiger partial charge is 0.347 e. The topological polar surface area (TPSA) is 82.9 Å². The van der Waals surface area contributed by atoms with Gasteiger partial charge in [-0.05, 0) is 38.3 Å². The zero-order valence-corrected chi connectivity index (χ0v) is 18.2. The number of fused-ring (bicyclic) bond motifs is 1. The van der Waals surface area contributed by atoms with E-state index < -0.39 is 20.9 Å². The second-order valence-corrected chi connectivity index (χ2v) is 10.8. The Hall–Kier alpha value is -1.87. The van der Waals surface area contributed by atoms with Gasteiger partial charge in [0.1, 0.15) is 5.69 Å². The first kappa shape index (κ1) is 20.4. The van der Waals surface area contributed by atoms with Crippen LogP contribution < -0.4 is 0 Å². The highest BCUT2D eigenvalue weighted by molar-refractivity contribution is 7.88. The van der Waals surface area contributed by atoms with Crippen LogP contribution in [0.3, 0.4) is 0 Å². The molecule has 0 bridgehead atoms. The van der Waals surface area contributed by atoms with Crippen molar-refractivity contribution in [3.05, 3.63) is 24.0 Å². The molecule has 160 valence electrons. The second-order valence-electron chi connectivity index (χ2n) is 8.82. The number of carbonyl (C=O) groups is 2. The molecule has 0 saturated carbocycles. The minimum absolute atomic E-state index is 0.00713. The maximum Gasteiger partial charge on any atom is 0.270 e. The first-order valence-corrected chi connectivity index (χ1v) is 12.1. The Balaban J connectivity index is 1.61. The third-order valence-electron chi connectivity index (χ3n) is 7.47. The van der Waals surface area contributed by atoms with Crippen molar-refractivity contribution in [3.8, 4) is 0 Å². The molecule has 1 atom stereocenters. The van der Waals surface area contributed by atoms with Gasteiger partial charge < -0.3 is 14.4 Å². The standard InChI is InChI=1S/C20H30N4O4S/c1-4-22-13-9-20(18(22)26)15-24(29(3,27)28)14-19(20)7-11-23(12-8-19)17(25)16-6-5-10-21(16)2/h5-6,10H,4,7-9,11-15H2,1-3H3. The van der Waals surface area contributed by atoms with Crippen LogP contribution >= 0.6 is 0 Å². The van der Waals surface area contributed by atoms with E-state index >= 15 is 0 Å². The number of sulfonamides is 1. The molecule has 4 heterocycles. The van der Waals surface area contributed by atoms with Crippen LogP contribution in [0.25, 0.3) is 0 Å². The van der Waals surface area contributed by atoms with Crippen LogP contribution in [0.4, 0.5) is 0 Å². The van der Waals surface area contributed by atoms with Gasteiger partial charge in [0.2, 0.25) is 15.9 Å². The normalized spacial score (nSPS) is 27.5. The minimum Gasteiger partial charge on any atom is -0.347 e. The molecule has 0 N–H and O–H groups in total. The summed E-state index contributed by atoms with van der Waals surface area (Å²) in [6, 6.07) is 3.67. The van der Waals surface area contributed by atoms with Crippen molar-refractivity contribution in [1.29, 1.82) is 0 Å². The lowest BCUT2D eigenvalue weighted by Crippen LogP contribution is -2.53. The van der Waals surface area contributed by atoms with Crippen LogP contribution in [-0.4, -0.2) is 84.4 Å². The van der Waals surface area contributed by atoms with E-state index in [1.165, 1.54) is 10.6 Å². The SMILES string of the molecule is CCN1CCC2(CN(S(C)(=O)=O)CC23CCN(C(=O)c2cccn2C)CC3)C1=O. The predicted molar refractivity (Wildman–Crippen MR) is 109 cm³/mol. The monoisotopic (exact) mass is 422 g/mol. The summed E-state index contributed by atoms with van der Waals surface area (Å²) in [5, 5.41) is 0. The summed E-state index contributed by atoms with van der Waals surface area (Å²) < 4.78 is 28.0. The lowest BCUT2D eigenvalue weighted by atomic mass is 9.60. The molecule has 0 aromatic carbocycles. The average molecular weight is 423 g/mol. The van der Waals surface area contributed by atoms with E-state index in [0.717, 1.165) is 0 Å². The van der Waals surface area contributed by atoms with E-state index in [1.54, 1.807) is 0 Å². The Labute approximate surface area is 172 Å². The highest BCUT2D eigenvalue weighted by Gasteiger charge is 2.66. The molecule has 1 aromatic heterocycles. The van der Waals surface area contributed by atoms with E-state index in [0.29, 0.717) is 57.7 Å². The molecule has 4 rings (SSSR count). The van der Waals surface area contributed by atoms with Crippen molar-refractivity contribution in [2.45, 2.75) is 26.2 Å². The molecule has 0 radical (unpaired) electrons. The Bertz CT molecular complexity index is 932. The zero-order valence-electron chi connectivity index (χ0n) is 17.4. The summed E-state index contributed by atoms with van der Waals surface area (Å²) in [7, 11) is -1.53. The van der Waals surface area contributed by atoms with Gasteiger partial charge >= 0.3 is 0 Å². The van der Waals surface area contributed by atoms with E-state index in [4.69, 9.17) is 0 Å². The highest BCUT2D eigenvalue weighted by Crippen LogP contribution is 2.58. The Morgan fingerprint density at radius 1 is 1.14 bits per heavy atom. The van der Waals surface area contributed by atoms with Crippen LogP contribution in [-0.2, 0) is 21.9 Å². The number of aryl methyl sites for hydroxylation is 1. The molecule has 3 aliphatic heterocycles. The van der Waals surface area contributed by atoms with Gasteiger partial charge in [0.15, 0.2) is 0 Å². The van der Waals surface area contributed by atoms with Crippen molar-refractivity contribution in [2.75, 3.05) is 45.5 Å². The fraction of sp³-hybridized carbons (Fsp3) is 0.700. The Kier molecular flexibility index (Phi) is 4.81. The molecule has 1 aromatic rings. The molecule has 3 fully saturated rings. The maximum atomic E-state index is 13.4. The Morgan fingerprint density at radius 2 is 1.83 bits per heavy atom. The summed E-state index contributed by atoms with van der Waals surface area (Å²) in [6.07, 6.45) is 5.07. The molecule has 3 aliphatic rings. The average Bonchev–Trinajstić information content (AvgIpc) is 3.34. The highest BCUT2D eigenvalue weighted by atomic mass is 32.2. The molecule has 9 heteroatoms. The van der Waals surface area contributed by atoms with Crippen LogP contribution in [0, 0.1) is 10.8 Å².